The summed E-state index contributed by atoms with van der Waals surface area (Å²) in [6.07, 6.45) is -0.207. The Morgan fingerprint density at radius 1 is 1.56 bits per heavy atom. The number of amides is 4. The van der Waals surface area contributed by atoms with Crippen LogP contribution in [0.3, 0.4) is 0 Å². The number of hydrogen-bond acceptors (Lipinski definition) is 4. The topological polar surface area (TPSA) is 98.7 Å². The second-order valence-electron chi connectivity index (χ2n) is 4.66. The van der Waals surface area contributed by atoms with Gasteiger partial charge in [0.15, 0.2) is 0 Å². The van der Waals surface area contributed by atoms with Crippen LogP contribution in [0.2, 0.25) is 0 Å². The zero-order valence-electron chi connectivity index (χ0n) is 10.8. The van der Waals surface area contributed by atoms with Crippen molar-refractivity contribution < 1.29 is 19.5 Å². The molecule has 0 aromatic heterocycles. The SMILES string of the molecule is CCC1(C)NC(=O)N(CC(=O)NCC(C)O)C1=O. The molecule has 18 heavy (non-hydrogen) atoms. The highest BCUT2D eigenvalue weighted by Gasteiger charge is 2.46. The first-order valence-corrected chi connectivity index (χ1v) is 5.89. The number of nitrogens with one attached hydrogen (secondary N) is 2. The van der Waals surface area contributed by atoms with Crippen LogP contribution in [0.5, 0.6) is 0 Å². The predicted molar refractivity (Wildman–Crippen MR) is 63.6 cm³/mol. The van der Waals surface area contributed by atoms with Crippen molar-refractivity contribution in [3.8, 4) is 0 Å². The number of nitrogens with zero attached hydrogens (tertiary/aromatic N) is 1. The minimum atomic E-state index is -0.929. The fourth-order valence-corrected chi connectivity index (χ4v) is 1.59. The number of aliphatic hydroxyl groups is 1. The third-order valence-electron chi connectivity index (χ3n) is 2.95. The molecule has 0 aliphatic carbocycles. The zero-order valence-corrected chi connectivity index (χ0v) is 10.8. The predicted octanol–water partition coefficient (Wildman–Crippen LogP) is -0.796. The molecule has 0 aromatic carbocycles. The lowest BCUT2D eigenvalue weighted by Gasteiger charge is -2.19. The molecular weight excluding hydrogens is 238 g/mol. The van der Waals surface area contributed by atoms with Gasteiger partial charge in [-0.25, -0.2) is 4.79 Å². The molecule has 102 valence electrons. The number of rotatable bonds is 5. The van der Waals surface area contributed by atoms with E-state index >= 15 is 0 Å². The molecular formula is C11H19N3O4. The van der Waals surface area contributed by atoms with Gasteiger partial charge in [0, 0.05) is 6.54 Å². The molecule has 4 amide bonds. The Labute approximate surface area is 106 Å². The van der Waals surface area contributed by atoms with Gasteiger partial charge in [-0.2, -0.15) is 0 Å². The second-order valence-corrected chi connectivity index (χ2v) is 4.66. The average molecular weight is 257 g/mol. The van der Waals surface area contributed by atoms with Gasteiger partial charge in [-0.15, -0.1) is 0 Å². The van der Waals surface area contributed by atoms with E-state index in [1.54, 1.807) is 13.8 Å². The van der Waals surface area contributed by atoms with E-state index in [0.29, 0.717) is 6.42 Å². The monoisotopic (exact) mass is 257 g/mol. The fraction of sp³-hybridized carbons (Fsp3) is 0.727. The van der Waals surface area contributed by atoms with Crippen molar-refractivity contribution in [2.45, 2.75) is 38.8 Å². The lowest BCUT2D eigenvalue weighted by Crippen LogP contribution is -2.45. The second kappa shape index (κ2) is 5.34. The molecule has 1 saturated heterocycles. The van der Waals surface area contributed by atoms with Crippen molar-refractivity contribution >= 4 is 17.8 Å². The molecule has 7 heteroatoms. The molecule has 1 rings (SSSR count). The molecule has 0 spiro atoms. The minimum Gasteiger partial charge on any atom is -0.392 e. The van der Waals surface area contributed by atoms with E-state index in [0.717, 1.165) is 4.90 Å². The van der Waals surface area contributed by atoms with Crippen molar-refractivity contribution in [3.05, 3.63) is 0 Å². The Balaban J connectivity index is 2.60. The Morgan fingerprint density at radius 3 is 2.61 bits per heavy atom. The van der Waals surface area contributed by atoms with Crippen LogP contribution in [-0.4, -0.2) is 52.6 Å². The van der Waals surface area contributed by atoms with Gasteiger partial charge in [0.05, 0.1) is 6.10 Å². The third-order valence-corrected chi connectivity index (χ3v) is 2.95. The van der Waals surface area contributed by atoms with E-state index in [9.17, 15) is 14.4 Å². The summed E-state index contributed by atoms with van der Waals surface area (Å²) in [5, 5.41) is 14.0. The molecule has 1 fully saturated rings. The highest BCUT2D eigenvalue weighted by Crippen LogP contribution is 2.20. The Morgan fingerprint density at radius 2 is 2.17 bits per heavy atom. The van der Waals surface area contributed by atoms with Gasteiger partial charge >= 0.3 is 6.03 Å². The average Bonchev–Trinajstić information content (AvgIpc) is 2.51. The molecule has 1 aliphatic heterocycles. The quantitative estimate of drug-likeness (QED) is 0.562. The molecule has 0 saturated carbocycles. The van der Waals surface area contributed by atoms with E-state index in [2.05, 4.69) is 10.6 Å². The molecule has 3 N–H and O–H groups in total. The van der Waals surface area contributed by atoms with E-state index in [4.69, 9.17) is 5.11 Å². The Bertz CT molecular complexity index is 369. The maximum Gasteiger partial charge on any atom is 0.325 e. The van der Waals surface area contributed by atoms with Gasteiger partial charge in [0.2, 0.25) is 5.91 Å². The van der Waals surface area contributed by atoms with Crippen LogP contribution >= 0.6 is 0 Å². The number of aliphatic hydroxyl groups excluding tert-OH is 1. The molecule has 0 bridgehead atoms. The van der Waals surface area contributed by atoms with Crippen LogP contribution in [0.4, 0.5) is 4.79 Å². The summed E-state index contributed by atoms with van der Waals surface area (Å²) in [5.41, 5.74) is -0.929. The highest BCUT2D eigenvalue weighted by molar-refractivity contribution is 6.08. The van der Waals surface area contributed by atoms with Gasteiger partial charge in [0.25, 0.3) is 5.91 Å². The van der Waals surface area contributed by atoms with Crippen LogP contribution < -0.4 is 10.6 Å². The van der Waals surface area contributed by atoms with Gasteiger partial charge in [-0.05, 0) is 20.3 Å². The van der Waals surface area contributed by atoms with Crippen molar-refractivity contribution in [1.82, 2.24) is 15.5 Å². The fourth-order valence-electron chi connectivity index (χ4n) is 1.59. The number of hydrogen-bond donors (Lipinski definition) is 3. The van der Waals surface area contributed by atoms with Crippen LogP contribution in [0.25, 0.3) is 0 Å². The zero-order chi connectivity index (χ0) is 13.9. The summed E-state index contributed by atoms with van der Waals surface area (Å²) in [6.45, 7) is 4.71. The van der Waals surface area contributed by atoms with Crippen LogP contribution in [0.15, 0.2) is 0 Å². The van der Waals surface area contributed by atoms with E-state index in [-0.39, 0.29) is 13.1 Å². The van der Waals surface area contributed by atoms with E-state index < -0.39 is 29.5 Å². The smallest absolute Gasteiger partial charge is 0.325 e. The van der Waals surface area contributed by atoms with Gasteiger partial charge in [-0.1, -0.05) is 6.92 Å². The molecule has 0 radical (unpaired) electrons. The van der Waals surface area contributed by atoms with Crippen LogP contribution in [-0.2, 0) is 9.59 Å². The molecule has 2 unspecified atom stereocenters. The maximum atomic E-state index is 12.0. The largest absolute Gasteiger partial charge is 0.392 e. The van der Waals surface area contributed by atoms with Gasteiger partial charge in [-0.3, -0.25) is 14.5 Å². The van der Waals surface area contributed by atoms with Gasteiger partial charge in [0.1, 0.15) is 12.1 Å². The van der Waals surface area contributed by atoms with Crippen molar-refractivity contribution in [2.75, 3.05) is 13.1 Å². The van der Waals surface area contributed by atoms with Gasteiger partial charge < -0.3 is 15.7 Å². The first kappa shape index (κ1) is 14.4. The van der Waals surface area contributed by atoms with E-state index in [1.165, 1.54) is 6.92 Å². The molecule has 2 atom stereocenters. The minimum absolute atomic E-state index is 0.0908. The Kier molecular flexibility index (Phi) is 4.28. The highest BCUT2D eigenvalue weighted by atomic mass is 16.3. The lowest BCUT2D eigenvalue weighted by atomic mass is 9.99. The van der Waals surface area contributed by atoms with Crippen molar-refractivity contribution in [1.29, 1.82) is 0 Å². The normalized spacial score (nSPS) is 25.0. The van der Waals surface area contributed by atoms with E-state index in [1.807, 2.05) is 0 Å². The first-order valence-electron chi connectivity index (χ1n) is 5.89. The summed E-state index contributed by atoms with van der Waals surface area (Å²) in [7, 11) is 0. The van der Waals surface area contributed by atoms with Crippen LogP contribution in [0, 0.1) is 0 Å². The first-order chi connectivity index (χ1) is 8.30. The number of urea groups is 1. The third kappa shape index (κ3) is 2.98. The summed E-state index contributed by atoms with van der Waals surface area (Å²) < 4.78 is 0. The van der Waals surface area contributed by atoms with Crippen molar-refractivity contribution in [3.63, 3.8) is 0 Å². The summed E-state index contributed by atoms with van der Waals surface area (Å²) in [4.78, 5) is 35.9. The summed E-state index contributed by atoms with van der Waals surface area (Å²) in [5.74, 6) is -0.873. The lowest BCUT2D eigenvalue weighted by molar-refractivity contribution is -0.134. The molecule has 0 aromatic rings. The standard InChI is InChI=1S/C11H19N3O4/c1-4-11(3)9(17)14(10(18)13-11)6-8(16)12-5-7(2)15/h7,15H,4-6H2,1-3H3,(H,12,16)(H,13,18). The molecule has 1 aliphatic rings. The number of carbonyl (C=O) groups excluding carboxylic acids is 3. The molecule has 7 nitrogen and oxygen atoms in total. The maximum absolute atomic E-state index is 12.0. The summed E-state index contributed by atoms with van der Waals surface area (Å²) in [6, 6.07) is -0.559. The molecule has 1 heterocycles. The van der Waals surface area contributed by atoms with Crippen LogP contribution in [0.1, 0.15) is 27.2 Å². The number of carbonyl (C=O) groups is 3. The van der Waals surface area contributed by atoms with Crippen molar-refractivity contribution in [2.24, 2.45) is 0 Å². The summed E-state index contributed by atoms with van der Waals surface area (Å²) >= 11 is 0. The number of imide groups is 1. The Hall–Kier alpha value is -1.63.